The van der Waals surface area contributed by atoms with Crippen molar-refractivity contribution in [3.05, 3.63) is 48.5 Å². The summed E-state index contributed by atoms with van der Waals surface area (Å²) in [6.07, 6.45) is 2.88. The van der Waals surface area contributed by atoms with Gasteiger partial charge in [-0.1, -0.05) is 6.92 Å². The summed E-state index contributed by atoms with van der Waals surface area (Å²) in [4.78, 5) is 28.6. The van der Waals surface area contributed by atoms with E-state index in [0.29, 0.717) is 23.5 Å². The van der Waals surface area contributed by atoms with Crippen molar-refractivity contribution >= 4 is 29.1 Å². The van der Waals surface area contributed by atoms with Crippen LogP contribution < -0.4 is 16.0 Å². The number of ether oxygens (including phenoxy) is 1. The molecule has 0 saturated heterocycles. The lowest BCUT2D eigenvalue weighted by Gasteiger charge is -2.23. The number of rotatable bonds is 6. The number of carbonyl (C=O) groups is 2. The maximum atomic E-state index is 13.7. The molecule has 0 aliphatic rings. The summed E-state index contributed by atoms with van der Waals surface area (Å²) in [6.45, 7) is 6.98. The van der Waals surface area contributed by atoms with Gasteiger partial charge in [-0.15, -0.1) is 0 Å². The van der Waals surface area contributed by atoms with Crippen molar-refractivity contribution in [3.63, 3.8) is 0 Å². The highest BCUT2D eigenvalue weighted by Gasteiger charge is 2.23. The average molecular weight is 388 g/mol. The van der Waals surface area contributed by atoms with E-state index in [2.05, 4.69) is 20.9 Å². The molecular weight excluding hydrogens is 363 g/mol. The van der Waals surface area contributed by atoms with Gasteiger partial charge in [-0.3, -0.25) is 9.78 Å². The summed E-state index contributed by atoms with van der Waals surface area (Å²) >= 11 is 0. The Morgan fingerprint density at radius 2 is 1.96 bits per heavy atom. The molecule has 3 N–H and O–H groups in total. The molecule has 2 rings (SSSR count). The molecule has 0 aliphatic carbocycles. The van der Waals surface area contributed by atoms with Crippen molar-refractivity contribution in [2.24, 2.45) is 0 Å². The maximum Gasteiger partial charge on any atom is 0.408 e. The standard InChI is InChI=1S/C20H25FN4O3/c1-5-15(25-19(27)28-20(2,3)4)18(26)24-16-9-8-13(21)11-17(16)23-14-7-6-10-22-12-14/h6-12,15,23H,5H2,1-4H3,(H,24,26)(H,25,27). The van der Waals surface area contributed by atoms with Crippen molar-refractivity contribution in [1.29, 1.82) is 0 Å². The van der Waals surface area contributed by atoms with Crippen LogP contribution in [0.4, 0.5) is 26.2 Å². The molecule has 2 aromatic rings. The molecule has 8 heteroatoms. The molecule has 1 atom stereocenters. The fraction of sp³-hybridized carbons (Fsp3) is 0.350. The minimum atomic E-state index is -0.800. The SMILES string of the molecule is CCC(NC(=O)OC(C)(C)C)C(=O)Nc1ccc(F)cc1Nc1cccnc1. The topological polar surface area (TPSA) is 92.3 Å². The van der Waals surface area contributed by atoms with Crippen molar-refractivity contribution in [2.45, 2.75) is 45.8 Å². The third-order valence-electron chi connectivity index (χ3n) is 3.60. The molecule has 28 heavy (non-hydrogen) atoms. The van der Waals surface area contributed by atoms with Gasteiger partial charge in [0.05, 0.1) is 23.3 Å². The second-order valence-electron chi connectivity index (χ2n) is 7.15. The van der Waals surface area contributed by atoms with Crippen LogP contribution in [0, 0.1) is 5.82 Å². The Kier molecular flexibility index (Phi) is 6.92. The quantitative estimate of drug-likeness (QED) is 0.689. The van der Waals surface area contributed by atoms with Gasteiger partial charge < -0.3 is 20.7 Å². The second kappa shape index (κ2) is 9.16. The first-order valence-corrected chi connectivity index (χ1v) is 8.95. The van der Waals surface area contributed by atoms with E-state index in [1.54, 1.807) is 52.2 Å². The van der Waals surface area contributed by atoms with E-state index in [9.17, 15) is 14.0 Å². The fourth-order valence-corrected chi connectivity index (χ4v) is 2.34. The number of pyridine rings is 1. The number of halogens is 1. The zero-order valence-corrected chi connectivity index (χ0v) is 16.4. The lowest BCUT2D eigenvalue weighted by molar-refractivity contribution is -0.118. The Hall–Kier alpha value is -3.16. The first-order valence-electron chi connectivity index (χ1n) is 8.95. The molecule has 0 radical (unpaired) electrons. The van der Waals surface area contributed by atoms with Crippen molar-refractivity contribution in [3.8, 4) is 0 Å². The summed E-state index contributed by atoms with van der Waals surface area (Å²) in [7, 11) is 0. The van der Waals surface area contributed by atoms with E-state index in [-0.39, 0.29) is 0 Å². The summed E-state index contributed by atoms with van der Waals surface area (Å²) in [6, 6.07) is 6.66. The number of hydrogen-bond donors (Lipinski definition) is 3. The molecule has 7 nitrogen and oxygen atoms in total. The average Bonchev–Trinajstić information content (AvgIpc) is 2.61. The summed E-state index contributed by atoms with van der Waals surface area (Å²) < 4.78 is 18.9. The smallest absolute Gasteiger partial charge is 0.408 e. The number of carbonyl (C=O) groups excluding carboxylic acids is 2. The lowest BCUT2D eigenvalue weighted by atomic mass is 10.2. The van der Waals surface area contributed by atoms with Crippen molar-refractivity contribution in [1.82, 2.24) is 10.3 Å². The summed E-state index contributed by atoms with van der Waals surface area (Å²) in [5.41, 5.74) is 0.715. The van der Waals surface area contributed by atoms with E-state index in [1.165, 1.54) is 18.2 Å². The Morgan fingerprint density at radius 3 is 2.57 bits per heavy atom. The highest BCUT2D eigenvalue weighted by Crippen LogP contribution is 2.26. The third kappa shape index (κ3) is 6.53. The first-order chi connectivity index (χ1) is 13.2. The van der Waals surface area contributed by atoms with Crippen molar-refractivity contribution in [2.75, 3.05) is 10.6 Å². The molecule has 150 valence electrons. The van der Waals surface area contributed by atoms with Gasteiger partial charge in [0.2, 0.25) is 5.91 Å². The molecule has 0 saturated carbocycles. The van der Waals surface area contributed by atoms with Gasteiger partial charge in [0.15, 0.2) is 0 Å². The van der Waals surface area contributed by atoms with Gasteiger partial charge in [0.1, 0.15) is 17.5 Å². The zero-order valence-electron chi connectivity index (χ0n) is 16.4. The Bertz CT molecular complexity index is 822. The van der Waals surface area contributed by atoms with E-state index in [1.807, 2.05) is 0 Å². The molecular formula is C20H25FN4O3. The van der Waals surface area contributed by atoms with Crippen molar-refractivity contribution < 1.29 is 18.7 Å². The van der Waals surface area contributed by atoms with Gasteiger partial charge in [-0.25, -0.2) is 9.18 Å². The normalized spacial score (nSPS) is 12.0. The van der Waals surface area contributed by atoms with E-state index in [0.717, 1.165) is 0 Å². The largest absolute Gasteiger partial charge is 0.444 e. The van der Waals surface area contributed by atoms with E-state index in [4.69, 9.17) is 4.74 Å². The Morgan fingerprint density at radius 1 is 1.21 bits per heavy atom. The highest BCUT2D eigenvalue weighted by molar-refractivity contribution is 5.99. The molecule has 2 amide bonds. The Labute approximate surface area is 163 Å². The van der Waals surface area contributed by atoms with Gasteiger partial charge in [0.25, 0.3) is 0 Å². The highest BCUT2D eigenvalue weighted by atomic mass is 19.1. The third-order valence-corrected chi connectivity index (χ3v) is 3.60. The van der Waals surface area contributed by atoms with Crippen LogP contribution >= 0.6 is 0 Å². The van der Waals surface area contributed by atoms with Gasteiger partial charge in [0, 0.05) is 6.20 Å². The van der Waals surface area contributed by atoms with Crippen LogP contribution in [0.25, 0.3) is 0 Å². The molecule has 1 aromatic heterocycles. The number of amides is 2. The van der Waals surface area contributed by atoms with Crippen LogP contribution in [-0.2, 0) is 9.53 Å². The molecule has 0 spiro atoms. The van der Waals surface area contributed by atoms with Crippen LogP contribution in [0.1, 0.15) is 34.1 Å². The predicted molar refractivity (Wildman–Crippen MR) is 106 cm³/mol. The number of nitrogens with zero attached hydrogens (tertiary/aromatic N) is 1. The zero-order chi connectivity index (χ0) is 20.7. The van der Waals surface area contributed by atoms with Gasteiger partial charge in [-0.05, 0) is 57.5 Å². The molecule has 1 unspecified atom stereocenters. The number of alkyl carbamates (subject to hydrolysis) is 1. The number of benzene rings is 1. The molecule has 1 heterocycles. The molecule has 1 aromatic carbocycles. The maximum absolute atomic E-state index is 13.7. The molecule has 0 bridgehead atoms. The number of aromatic nitrogens is 1. The second-order valence-corrected chi connectivity index (χ2v) is 7.15. The Balaban J connectivity index is 2.12. The van der Waals surface area contributed by atoms with Crippen LogP contribution in [-0.4, -0.2) is 28.6 Å². The van der Waals surface area contributed by atoms with Crippen LogP contribution in [0.2, 0.25) is 0 Å². The summed E-state index contributed by atoms with van der Waals surface area (Å²) in [5.74, 6) is -0.891. The van der Waals surface area contributed by atoms with Crippen LogP contribution in [0.5, 0.6) is 0 Å². The first kappa shape index (κ1) is 21.1. The van der Waals surface area contributed by atoms with Crippen LogP contribution in [0.15, 0.2) is 42.7 Å². The fourth-order valence-electron chi connectivity index (χ4n) is 2.34. The summed E-state index contributed by atoms with van der Waals surface area (Å²) in [5, 5.41) is 8.28. The number of hydrogen-bond acceptors (Lipinski definition) is 5. The molecule has 0 aliphatic heterocycles. The number of nitrogens with one attached hydrogen (secondary N) is 3. The van der Waals surface area contributed by atoms with E-state index >= 15 is 0 Å². The van der Waals surface area contributed by atoms with Gasteiger partial charge >= 0.3 is 6.09 Å². The number of anilines is 3. The molecule has 0 fully saturated rings. The van der Waals surface area contributed by atoms with Crippen LogP contribution in [0.3, 0.4) is 0 Å². The monoisotopic (exact) mass is 388 g/mol. The van der Waals surface area contributed by atoms with Gasteiger partial charge in [-0.2, -0.15) is 0 Å². The predicted octanol–water partition coefficient (Wildman–Crippen LogP) is 4.21. The minimum Gasteiger partial charge on any atom is -0.444 e. The minimum absolute atomic E-state index is 0.359. The van der Waals surface area contributed by atoms with E-state index < -0.39 is 29.5 Å². The lowest BCUT2D eigenvalue weighted by Crippen LogP contribution is -2.45.